The van der Waals surface area contributed by atoms with Crippen molar-refractivity contribution in [3.63, 3.8) is 0 Å². The van der Waals surface area contributed by atoms with Crippen LogP contribution in [0, 0.1) is 0 Å². The minimum atomic E-state index is -0.495. The Hall–Kier alpha value is -3.02. The highest BCUT2D eigenvalue weighted by Crippen LogP contribution is 2.27. The molecule has 0 atom stereocenters. The summed E-state index contributed by atoms with van der Waals surface area (Å²) in [7, 11) is 2.59. The van der Waals surface area contributed by atoms with Gasteiger partial charge in [-0.1, -0.05) is 0 Å². The number of methoxy groups -OCH3 is 2. The number of nitrogen functional groups attached to an aromatic ring is 2. The van der Waals surface area contributed by atoms with E-state index in [2.05, 4.69) is 0 Å². The maximum Gasteiger partial charge on any atom is 0.337 e. The van der Waals surface area contributed by atoms with Gasteiger partial charge >= 0.3 is 11.9 Å². The number of hydrogen-bond donors (Lipinski definition) is 2. The number of nitrogens with two attached hydrogens (primary N) is 2. The molecule has 0 heterocycles. The first kappa shape index (κ1) is 15.4. The molecule has 0 saturated heterocycles. The Balaban J connectivity index is 2.56. The number of esters is 2. The molecule has 2 rings (SSSR count). The molecule has 0 unspecified atom stereocenters. The van der Waals surface area contributed by atoms with Crippen LogP contribution in [0.25, 0.3) is 11.1 Å². The van der Waals surface area contributed by atoms with Gasteiger partial charge in [0.05, 0.1) is 25.3 Å². The lowest BCUT2D eigenvalue weighted by molar-refractivity contribution is 0.0592. The van der Waals surface area contributed by atoms with Gasteiger partial charge in [-0.15, -0.1) is 0 Å². The van der Waals surface area contributed by atoms with Crippen LogP contribution >= 0.6 is 0 Å². The SMILES string of the molecule is COC(=O)c1cc(N)cc(-c2cc(N)cc(C(=O)OC)c2)c1. The fourth-order valence-corrected chi connectivity index (χ4v) is 2.11. The van der Waals surface area contributed by atoms with Crippen molar-refractivity contribution in [2.24, 2.45) is 0 Å². The zero-order chi connectivity index (χ0) is 16.3. The van der Waals surface area contributed by atoms with Crippen LogP contribution in [0.5, 0.6) is 0 Å². The largest absolute Gasteiger partial charge is 0.465 e. The molecule has 0 aliphatic carbocycles. The van der Waals surface area contributed by atoms with Crippen molar-refractivity contribution in [2.45, 2.75) is 0 Å². The average Bonchev–Trinajstić information content (AvgIpc) is 2.52. The molecule has 0 aliphatic heterocycles. The van der Waals surface area contributed by atoms with Crippen molar-refractivity contribution in [1.82, 2.24) is 0 Å². The number of hydrogen-bond acceptors (Lipinski definition) is 6. The Morgan fingerprint density at radius 1 is 0.727 bits per heavy atom. The third-order valence-electron chi connectivity index (χ3n) is 3.09. The highest BCUT2D eigenvalue weighted by atomic mass is 16.5. The van der Waals surface area contributed by atoms with Crippen molar-refractivity contribution in [2.75, 3.05) is 25.7 Å². The lowest BCUT2D eigenvalue weighted by Gasteiger charge is -2.09. The molecule has 4 N–H and O–H groups in total. The van der Waals surface area contributed by atoms with Gasteiger partial charge in [0.15, 0.2) is 0 Å². The Kier molecular flexibility index (Phi) is 4.31. The summed E-state index contributed by atoms with van der Waals surface area (Å²) in [5.41, 5.74) is 14.4. The fraction of sp³-hybridized carbons (Fsp3) is 0.125. The highest BCUT2D eigenvalue weighted by molar-refractivity contribution is 5.95. The van der Waals surface area contributed by atoms with Crippen LogP contribution < -0.4 is 11.5 Å². The lowest BCUT2D eigenvalue weighted by atomic mass is 9.99. The van der Waals surface area contributed by atoms with Crippen LogP contribution in [0.2, 0.25) is 0 Å². The number of anilines is 2. The third-order valence-corrected chi connectivity index (χ3v) is 3.09. The number of ether oxygens (including phenoxy) is 2. The summed E-state index contributed by atoms with van der Waals surface area (Å²) < 4.78 is 9.38. The van der Waals surface area contributed by atoms with Gasteiger partial charge in [-0.05, 0) is 47.5 Å². The molecule has 0 radical (unpaired) electrons. The molecular weight excluding hydrogens is 284 g/mol. The maximum absolute atomic E-state index is 11.7. The monoisotopic (exact) mass is 300 g/mol. The van der Waals surface area contributed by atoms with Crippen LogP contribution in [-0.2, 0) is 9.47 Å². The molecule has 0 amide bonds. The molecule has 0 bridgehead atoms. The van der Waals surface area contributed by atoms with Gasteiger partial charge in [-0.3, -0.25) is 0 Å². The first-order valence-electron chi connectivity index (χ1n) is 6.42. The fourth-order valence-electron chi connectivity index (χ4n) is 2.11. The number of carbonyl (C=O) groups is 2. The van der Waals surface area contributed by atoms with Crippen molar-refractivity contribution in [3.05, 3.63) is 47.5 Å². The van der Waals surface area contributed by atoms with E-state index in [1.165, 1.54) is 26.4 Å². The van der Waals surface area contributed by atoms with E-state index in [9.17, 15) is 9.59 Å². The summed E-state index contributed by atoms with van der Waals surface area (Å²) in [6, 6.07) is 9.65. The maximum atomic E-state index is 11.7. The Morgan fingerprint density at radius 2 is 1.09 bits per heavy atom. The van der Waals surface area contributed by atoms with E-state index in [1.54, 1.807) is 24.3 Å². The van der Waals surface area contributed by atoms with Crippen LogP contribution in [0.15, 0.2) is 36.4 Å². The Morgan fingerprint density at radius 3 is 1.41 bits per heavy atom. The molecule has 114 valence electrons. The van der Waals surface area contributed by atoms with Crippen LogP contribution in [0.1, 0.15) is 20.7 Å². The minimum Gasteiger partial charge on any atom is -0.465 e. The standard InChI is InChI=1S/C16H16N2O4/c1-21-15(19)11-3-9(5-13(17)7-11)10-4-12(16(20)22-2)8-14(18)6-10/h3-8H,17-18H2,1-2H3. The smallest absolute Gasteiger partial charge is 0.337 e. The van der Waals surface area contributed by atoms with Gasteiger partial charge in [0.1, 0.15) is 0 Å². The molecule has 2 aromatic rings. The van der Waals surface area contributed by atoms with E-state index in [0.29, 0.717) is 33.6 Å². The minimum absolute atomic E-state index is 0.319. The Bertz CT molecular complexity index is 677. The second-order valence-corrected chi connectivity index (χ2v) is 4.67. The first-order chi connectivity index (χ1) is 10.4. The lowest BCUT2D eigenvalue weighted by Crippen LogP contribution is -2.04. The topological polar surface area (TPSA) is 105 Å². The summed E-state index contributed by atoms with van der Waals surface area (Å²) in [6.07, 6.45) is 0. The molecule has 22 heavy (non-hydrogen) atoms. The predicted molar refractivity (Wildman–Crippen MR) is 83.4 cm³/mol. The average molecular weight is 300 g/mol. The number of benzene rings is 2. The molecule has 0 saturated carbocycles. The summed E-state index contributed by atoms with van der Waals surface area (Å²) in [5, 5.41) is 0. The first-order valence-corrected chi connectivity index (χ1v) is 6.42. The van der Waals surface area contributed by atoms with Gasteiger partial charge in [0.25, 0.3) is 0 Å². The van der Waals surface area contributed by atoms with Crippen molar-refractivity contribution >= 4 is 23.3 Å². The number of rotatable bonds is 3. The van der Waals surface area contributed by atoms with Gasteiger partial charge < -0.3 is 20.9 Å². The van der Waals surface area contributed by atoms with E-state index < -0.39 is 11.9 Å². The Labute approximate surface area is 127 Å². The molecule has 6 nitrogen and oxygen atoms in total. The van der Waals surface area contributed by atoms with Crippen molar-refractivity contribution in [3.8, 4) is 11.1 Å². The second kappa shape index (κ2) is 6.17. The molecule has 2 aromatic carbocycles. The molecule has 0 aromatic heterocycles. The van der Waals surface area contributed by atoms with E-state index >= 15 is 0 Å². The van der Waals surface area contributed by atoms with Crippen molar-refractivity contribution < 1.29 is 19.1 Å². The molecular formula is C16H16N2O4. The second-order valence-electron chi connectivity index (χ2n) is 4.67. The van der Waals surface area contributed by atoms with Gasteiger partial charge in [0.2, 0.25) is 0 Å². The molecule has 0 aliphatic rings. The summed E-state index contributed by atoms with van der Waals surface area (Å²) >= 11 is 0. The summed E-state index contributed by atoms with van der Waals surface area (Å²) in [5.74, 6) is -0.990. The number of carbonyl (C=O) groups excluding carboxylic acids is 2. The van der Waals surface area contributed by atoms with E-state index in [1.807, 2.05) is 0 Å². The zero-order valence-corrected chi connectivity index (χ0v) is 12.3. The quantitative estimate of drug-likeness (QED) is 0.664. The third kappa shape index (κ3) is 3.17. The summed E-state index contributed by atoms with van der Waals surface area (Å²) in [6.45, 7) is 0. The van der Waals surface area contributed by atoms with E-state index in [-0.39, 0.29) is 0 Å². The predicted octanol–water partition coefficient (Wildman–Crippen LogP) is 2.09. The van der Waals surface area contributed by atoms with E-state index in [0.717, 1.165) is 0 Å². The van der Waals surface area contributed by atoms with Crippen LogP contribution in [-0.4, -0.2) is 26.2 Å². The van der Waals surface area contributed by atoms with Gasteiger partial charge in [-0.2, -0.15) is 0 Å². The zero-order valence-electron chi connectivity index (χ0n) is 12.3. The van der Waals surface area contributed by atoms with E-state index in [4.69, 9.17) is 20.9 Å². The summed E-state index contributed by atoms with van der Waals surface area (Å²) in [4.78, 5) is 23.3. The van der Waals surface area contributed by atoms with Crippen LogP contribution in [0.3, 0.4) is 0 Å². The van der Waals surface area contributed by atoms with Gasteiger partial charge in [0, 0.05) is 11.4 Å². The molecule has 0 spiro atoms. The molecule has 6 heteroatoms. The van der Waals surface area contributed by atoms with Crippen LogP contribution in [0.4, 0.5) is 11.4 Å². The van der Waals surface area contributed by atoms with Crippen molar-refractivity contribution in [1.29, 1.82) is 0 Å². The normalized spacial score (nSPS) is 10.1. The van der Waals surface area contributed by atoms with Gasteiger partial charge in [-0.25, -0.2) is 9.59 Å². The highest BCUT2D eigenvalue weighted by Gasteiger charge is 2.12. The molecule has 0 fully saturated rings.